The van der Waals surface area contributed by atoms with Crippen molar-refractivity contribution in [1.29, 1.82) is 0 Å². The van der Waals surface area contributed by atoms with Gasteiger partial charge in [0.1, 0.15) is 0 Å². The second-order valence-electron chi connectivity index (χ2n) is 6.83. The van der Waals surface area contributed by atoms with E-state index < -0.39 is 6.03 Å². The minimum absolute atomic E-state index is 0.311. The highest BCUT2D eigenvalue weighted by atomic mass is 16.2. The van der Waals surface area contributed by atoms with E-state index in [1.165, 1.54) is 11.3 Å². The number of benzene rings is 1. The molecule has 0 aliphatic carbocycles. The summed E-state index contributed by atoms with van der Waals surface area (Å²) in [6.07, 6.45) is 3.29. The normalized spacial score (nSPS) is 19.8. The van der Waals surface area contributed by atoms with Gasteiger partial charge >= 0.3 is 6.03 Å². The summed E-state index contributed by atoms with van der Waals surface area (Å²) in [4.78, 5) is 27.3. The van der Waals surface area contributed by atoms with E-state index in [1.807, 2.05) is 6.92 Å². The Labute approximate surface area is 143 Å². The van der Waals surface area contributed by atoms with Crippen molar-refractivity contribution < 1.29 is 9.59 Å². The van der Waals surface area contributed by atoms with E-state index in [4.69, 9.17) is 5.73 Å². The molecule has 3 N–H and O–H groups in total. The molecular weight excluding hydrogens is 304 g/mol. The zero-order valence-electron chi connectivity index (χ0n) is 14.2. The molecule has 1 atom stereocenters. The first-order valence-corrected chi connectivity index (χ1v) is 8.72. The number of carbonyl (C=O) groups excluding carboxylic acids is 2. The smallest absolute Gasteiger partial charge is 0.318 e. The van der Waals surface area contributed by atoms with E-state index in [2.05, 4.69) is 39.4 Å². The second-order valence-corrected chi connectivity index (χ2v) is 6.83. The van der Waals surface area contributed by atoms with Gasteiger partial charge in [0.2, 0.25) is 5.91 Å². The zero-order chi connectivity index (χ0) is 17.1. The molecule has 0 bridgehead atoms. The average molecular weight is 330 g/mol. The summed E-state index contributed by atoms with van der Waals surface area (Å²) in [5.41, 5.74) is 7.85. The lowest BCUT2D eigenvalue weighted by molar-refractivity contribution is -0.125. The number of amides is 3. The number of piperidine rings is 1. The van der Waals surface area contributed by atoms with Crippen molar-refractivity contribution in [1.82, 2.24) is 10.2 Å². The first-order valence-electron chi connectivity index (χ1n) is 8.72. The number of hydrogen-bond donors (Lipinski definition) is 2. The maximum absolute atomic E-state index is 11.9. The number of anilines is 1. The Kier molecular flexibility index (Phi) is 5.04. The number of likely N-dealkylation sites (tertiary alicyclic amines) is 1. The van der Waals surface area contributed by atoms with Gasteiger partial charge in [-0.15, -0.1) is 0 Å². The van der Waals surface area contributed by atoms with Crippen molar-refractivity contribution in [2.75, 3.05) is 31.1 Å². The van der Waals surface area contributed by atoms with E-state index in [-0.39, 0.29) is 11.9 Å². The van der Waals surface area contributed by atoms with Gasteiger partial charge in [-0.1, -0.05) is 18.2 Å². The zero-order valence-corrected chi connectivity index (χ0v) is 14.2. The van der Waals surface area contributed by atoms with Crippen LogP contribution in [0.4, 0.5) is 10.5 Å². The number of urea groups is 1. The molecule has 1 saturated heterocycles. The SMILES string of the molecule is CC(C(=O)NC(N)=O)N1CCC(CN2CCc3ccccc32)CC1. The van der Waals surface area contributed by atoms with E-state index in [0.29, 0.717) is 5.92 Å². The maximum atomic E-state index is 11.9. The number of fused-ring (bicyclic) bond motifs is 1. The summed E-state index contributed by atoms with van der Waals surface area (Å²) in [5.74, 6) is 0.341. The lowest BCUT2D eigenvalue weighted by Gasteiger charge is -2.36. The first kappa shape index (κ1) is 16.8. The number of nitrogens with two attached hydrogens (primary N) is 1. The topological polar surface area (TPSA) is 78.7 Å². The summed E-state index contributed by atoms with van der Waals surface area (Å²) >= 11 is 0. The van der Waals surface area contributed by atoms with Crippen molar-refractivity contribution in [3.05, 3.63) is 29.8 Å². The Morgan fingerprint density at radius 1 is 1.25 bits per heavy atom. The van der Waals surface area contributed by atoms with E-state index in [0.717, 1.165) is 45.4 Å². The maximum Gasteiger partial charge on any atom is 0.318 e. The molecule has 1 fully saturated rings. The standard InChI is InChI=1S/C18H26N4O2/c1-13(17(23)20-18(19)24)21-9-6-14(7-10-21)12-22-11-8-15-4-2-3-5-16(15)22/h2-5,13-14H,6-12H2,1H3,(H3,19,20,23,24). The molecule has 0 saturated carbocycles. The van der Waals surface area contributed by atoms with Crippen molar-refractivity contribution in [2.24, 2.45) is 11.7 Å². The number of rotatable bonds is 4. The third kappa shape index (κ3) is 3.70. The van der Waals surface area contributed by atoms with Crippen LogP contribution in [-0.2, 0) is 11.2 Å². The second kappa shape index (κ2) is 7.21. The first-order chi connectivity index (χ1) is 11.5. The fourth-order valence-corrected chi connectivity index (χ4v) is 3.82. The fourth-order valence-electron chi connectivity index (χ4n) is 3.82. The lowest BCUT2D eigenvalue weighted by Crippen LogP contribution is -2.51. The molecule has 6 nitrogen and oxygen atoms in total. The van der Waals surface area contributed by atoms with Crippen LogP contribution in [0, 0.1) is 5.92 Å². The molecule has 0 radical (unpaired) electrons. The summed E-state index contributed by atoms with van der Waals surface area (Å²) in [7, 11) is 0. The molecule has 3 amide bonds. The molecule has 2 aliphatic rings. The number of carbonyl (C=O) groups is 2. The third-order valence-electron chi connectivity index (χ3n) is 5.28. The minimum atomic E-state index is -0.783. The highest BCUT2D eigenvalue weighted by molar-refractivity contribution is 5.96. The fraction of sp³-hybridized carbons (Fsp3) is 0.556. The van der Waals surface area contributed by atoms with Crippen LogP contribution in [0.3, 0.4) is 0 Å². The molecule has 2 heterocycles. The molecular formula is C18H26N4O2. The van der Waals surface area contributed by atoms with Gasteiger partial charge in [-0.2, -0.15) is 0 Å². The summed E-state index contributed by atoms with van der Waals surface area (Å²) in [6.45, 7) is 5.79. The Morgan fingerprint density at radius 2 is 1.96 bits per heavy atom. The molecule has 0 aromatic heterocycles. The van der Waals surface area contributed by atoms with Crippen molar-refractivity contribution in [3.8, 4) is 0 Å². The molecule has 0 spiro atoms. The van der Waals surface area contributed by atoms with Crippen LogP contribution >= 0.6 is 0 Å². The summed E-state index contributed by atoms with van der Waals surface area (Å²) < 4.78 is 0. The van der Waals surface area contributed by atoms with Gasteiger partial charge in [0.05, 0.1) is 6.04 Å². The summed E-state index contributed by atoms with van der Waals surface area (Å²) in [6, 6.07) is 7.56. The molecule has 2 aliphatic heterocycles. The summed E-state index contributed by atoms with van der Waals surface area (Å²) in [5, 5.41) is 2.17. The van der Waals surface area contributed by atoms with Gasteiger partial charge < -0.3 is 10.6 Å². The van der Waals surface area contributed by atoms with E-state index in [1.54, 1.807) is 0 Å². The number of para-hydroxylation sites is 1. The molecule has 1 unspecified atom stereocenters. The number of nitrogens with one attached hydrogen (secondary N) is 1. The van der Waals surface area contributed by atoms with Crippen LogP contribution in [0.25, 0.3) is 0 Å². The number of hydrogen-bond acceptors (Lipinski definition) is 4. The highest BCUT2D eigenvalue weighted by Gasteiger charge is 2.29. The molecule has 24 heavy (non-hydrogen) atoms. The van der Waals surface area contributed by atoms with Gasteiger partial charge in [-0.05, 0) is 56.8 Å². The molecule has 6 heteroatoms. The average Bonchev–Trinajstić information content (AvgIpc) is 2.97. The van der Waals surface area contributed by atoms with Crippen molar-refractivity contribution in [2.45, 2.75) is 32.2 Å². The Bertz CT molecular complexity index is 611. The van der Waals surface area contributed by atoms with Crippen molar-refractivity contribution >= 4 is 17.6 Å². The van der Waals surface area contributed by atoms with Gasteiger partial charge in [0, 0.05) is 18.8 Å². The lowest BCUT2D eigenvalue weighted by atomic mass is 9.95. The minimum Gasteiger partial charge on any atom is -0.371 e. The number of imide groups is 1. The number of primary amides is 1. The van der Waals surface area contributed by atoms with Crippen LogP contribution in [0.2, 0.25) is 0 Å². The van der Waals surface area contributed by atoms with Gasteiger partial charge in [-0.25, -0.2) is 4.79 Å². The van der Waals surface area contributed by atoms with Crippen LogP contribution in [-0.4, -0.2) is 49.1 Å². The molecule has 130 valence electrons. The third-order valence-corrected chi connectivity index (χ3v) is 5.28. The quantitative estimate of drug-likeness (QED) is 0.873. The Balaban J connectivity index is 1.49. The Hall–Kier alpha value is -2.08. The van der Waals surface area contributed by atoms with Crippen LogP contribution in [0.15, 0.2) is 24.3 Å². The van der Waals surface area contributed by atoms with E-state index in [9.17, 15) is 9.59 Å². The van der Waals surface area contributed by atoms with E-state index >= 15 is 0 Å². The van der Waals surface area contributed by atoms with Gasteiger partial charge in [-0.3, -0.25) is 15.0 Å². The van der Waals surface area contributed by atoms with Crippen molar-refractivity contribution in [3.63, 3.8) is 0 Å². The highest BCUT2D eigenvalue weighted by Crippen LogP contribution is 2.30. The van der Waals surface area contributed by atoms with Crippen LogP contribution < -0.4 is 16.0 Å². The predicted molar refractivity (Wildman–Crippen MR) is 93.8 cm³/mol. The Morgan fingerprint density at radius 3 is 2.67 bits per heavy atom. The van der Waals surface area contributed by atoms with Gasteiger partial charge in [0.15, 0.2) is 0 Å². The largest absolute Gasteiger partial charge is 0.371 e. The van der Waals surface area contributed by atoms with Gasteiger partial charge in [0.25, 0.3) is 0 Å². The predicted octanol–water partition coefficient (Wildman–Crippen LogP) is 1.34. The van der Waals surface area contributed by atoms with Crippen LogP contribution in [0.1, 0.15) is 25.3 Å². The number of nitrogens with zero attached hydrogens (tertiary/aromatic N) is 2. The molecule has 1 aromatic carbocycles. The molecule has 3 rings (SSSR count). The monoisotopic (exact) mass is 330 g/mol. The van der Waals surface area contributed by atoms with Crippen LogP contribution in [0.5, 0.6) is 0 Å². The molecule has 1 aromatic rings.